The van der Waals surface area contributed by atoms with Crippen molar-refractivity contribution >= 4 is 11.6 Å². The molecule has 0 aromatic carbocycles. The molecular formula is C10H16O2. The summed E-state index contributed by atoms with van der Waals surface area (Å²) in [6.45, 7) is 11.7. The van der Waals surface area contributed by atoms with E-state index in [0.29, 0.717) is 12.0 Å². The van der Waals surface area contributed by atoms with Crippen LogP contribution in [0.5, 0.6) is 0 Å². The third-order valence-corrected chi connectivity index (χ3v) is 1.18. The van der Waals surface area contributed by atoms with Crippen LogP contribution in [-0.2, 0) is 9.59 Å². The Morgan fingerprint density at radius 3 is 1.67 bits per heavy atom. The predicted octanol–water partition coefficient (Wildman–Crippen LogP) is 2.30. The average Bonchev–Trinajstić information content (AvgIpc) is 2.04. The summed E-state index contributed by atoms with van der Waals surface area (Å²) < 4.78 is 0. The molecular weight excluding hydrogens is 152 g/mol. The van der Waals surface area contributed by atoms with Gasteiger partial charge in [0.15, 0.2) is 11.6 Å². The molecule has 0 spiro atoms. The zero-order valence-electron chi connectivity index (χ0n) is 8.02. The molecule has 0 rings (SSSR count). The number of hydrogen-bond acceptors (Lipinski definition) is 2. The first kappa shape index (κ1) is 13.4. The van der Waals surface area contributed by atoms with E-state index in [1.54, 1.807) is 6.92 Å². The third-order valence-electron chi connectivity index (χ3n) is 1.18. The number of rotatable bonds is 3. The average molecular weight is 168 g/mol. The molecule has 68 valence electrons. The maximum atomic E-state index is 10.1. The molecule has 12 heavy (non-hydrogen) atoms. The number of carbonyl (C=O) groups excluding carboxylic acids is 2. The highest BCUT2D eigenvalue weighted by atomic mass is 16.1. The summed E-state index contributed by atoms with van der Waals surface area (Å²) in [6.07, 6.45) is 1.91. The quantitative estimate of drug-likeness (QED) is 0.606. The van der Waals surface area contributed by atoms with E-state index in [4.69, 9.17) is 0 Å². The Morgan fingerprint density at radius 2 is 1.67 bits per heavy atom. The van der Waals surface area contributed by atoms with E-state index in [2.05, 4.69) is 13.2 Å². The number of Topliss-reactive ketones (excluding diaryl/α,β-unsaturated/α-hetero) is 1. The topological polar surface area (TPSA) is 34.1 Å². The first-order chi connectivity index (χ1) is 5.45. The Hall–Kier alpha value is -1.18. The van der Waals surface area contributed by atoms with Crippen molar-refractivity contribution in [3.8, 4) is 0 Å². The van der Waals surface area contributed by atoms with Crippen LogP contribution in [0.3, 0.4) is 0 Å². The fourth-order valence-corrected chi connectivity index (χ4v) is 0.144. The molecule has 0 amide bonds. The van der Waals surface area contributed by atoms with E-state index in [9.17, 15) is 9.59 Å². The first-order valence-corrected chi connectivity index (χ1v) is 3.77. The van der Waals surface area contributed by atoms with Gasteiger partial charge in [-0.15, -0.1) is 0 Å². The molecule has 2 nitrogen and oxygen atoms in total. The summed E-state index contributed by atoms with van der Waals surface area (Å²) in [7, 11) is 0. The lowest BCUT2D eigenvalue weighted by atomic mass is 10.3. The number of ketones is 2. The minimum atomic E-state index is 0.0648. The standard InChI is InChI=1S/2C5H8O/c1-4(2)5(3)6;1-3-5(6)4-2/h1H2,2-3H3;3H,1,4H2,2H3. The van der Waals surface area contributed by atoms with Crippen LogP contribution in [0.1, 0.15) is 27.2 Å². The SMILES string of the molecule is C=C(C)C(C)=O.C=CC(=O)CC. The van der Waals surface area contributed by atoms with Gasteiger partial charge in [-0.3, -0.25) is 9.59 Å². The molecule has 0 radical (unpaired) electrons. The highest BCUT2D eigenvalue weighted by Crippen LogP contribution is 1.84. The molecule has 0 unspecified atom stereocenters. The summed E-state index contributed by atoms with van der Waals surface area (Å²) in [4.78, 5) is 20.1. The molecule has 0 aliphatic rings. The second-order valence-corrected chi connectivity index (χ2v) is 2.36. The number of carbonyl (C=O) groups is 2. The van der Waals surface area contributed by atoms with E-state index >= 15 is 0 Å². The van der Waals surface area contributed by atoms with Crippen LogP contribution in [0.2, 0.25) is 0 Å². The van der Waals surface area contributed by atoms with Gasteiger partial charge in [-0.05, 0) is 25.5 Å². The molecule has 0 aliphatic carbocycles. The van der Waals surface area contributed by atoms with Crippen LogP contribution >= 0.6 is 0 Å². The van der Waals surface area contributed by atoms with Crippen LogP contribution in [0.25, 0.3) is 0 Å². The second kappa shape index (κ2) is 7.92. The third kappa shape index (κ3) is 11.6. The summed E-state index contributed by atoms with van der Waals surface area (Å²) in [5, 5.41) is 0. The molecule has 0 fully saturated rings. The monoisotopic (exact) mass is 168 g/mol. The Kier molecular flexibility index (Phi) is 8.85. The maximum Gasteiger partial charge on any atom is 0.154 e. The Balaban J connectivity index is 0. The lowest BCUT2D eigenvalue weighted by Crippen LogP contribution is -1.86. The second-order valence-electron chi connectivity index (χ2n) is 2.36. The van der Waals surface area contributed by atoms with Crippen LogP contribution in [0.15, 0.2) is 24.8 Å². The minimum absolute atomic E-state index is 0.0648. The molecule has 0 bridgehead atoms. The Bertz CT molecular complexity index is 175. The van der Waals surface area contributed by atoms with Crippen molar-refractivity contribution < 1.29 is 9.59 Å². The molecule has 2 heteroatoms. The van der Waals surface area contributed by atoms with E-state index < -0.39 is 0 Å². The van der Waals surface area contributed by atoms with E-state index in [-0.39, 0.29) is 11.6 Å². The summed E-state index contributed by atoms with van der Waals surface area (Å²) in [6, 6.07) is 0. The van der Waals surface area contributed by atoms with E-state index in [0.717, 1.165) is 0 Å². The van der Waals surface area contributed by atoms with Crippen LogP contribution < -0.4 is 0 Å². The van der Waals surface area contributed by atoms with Gasteiger partial charge in [-0.1, -0.05) is 20.1 Å². The lowest BCUT2D eigenvalue weighted by molar-refractivity contribution is -0.114. The lowest BCUT2D eigenvalue weighted by Gasteiger charge is -1.80. The van der Waals surface area contributed by atoms with Crippen molar-refractivity contribution in [1.29, 1.82) is 0 Å². The van der Waals surface area contributed by atoms with Crippen molar-refractivity contribution in [3.05, 3.63) is 24.8 Å². The predicted molar refractivity (Wildman–Crippen MR) is 51.0 cm³/mol. The molecule has 0 aromatic heterocycles. The highest BCUT2D eigenvalue weighted by Gasteiger charge is 1.85. The zero-order valence-corrected chi connectivity index (χ0v) is 8.02. The molecule has 0 atom stereocenters. The van der Waals surface area contributed by atoms with Gasteiger partial charge in [0.2, 0.25) is 0 Å². The number of allylic oxidation sites excluding steroid dienone is 2. The van der Waals surface area contributed by atoms with E-state index in [1.165, 1.54) is 13.0 Å². The van der Waals surface area contributed by atoms with Gasteiger partial charge in [-0.25, -0.2) is 0 Å². The highest BCUT2D eigenvalue weighted by molar-refractivity contribution is 5.91. The van der Waals surface area contributed by atoms with Crippen molar-refractivity contribution in [1.82, 2.24) is 0 Å². The van der Waals surface area contributed by atoms with Gasteiger partial charge in [0.25, 0.3) is 0 Å². The summed E-state index contributed by atoms with van der Waals surface area (Å²) in [5.74, 6) is 0.171. The normalized spacial score (nSPS) is 7.58. The van der Waals surface area contributed by atoms with Crippen LogP contribution in [0.4, 0.5) is 0 Å². The molecule has 0 saturated heterocycles. The summed E-state index contributed by atoms with van der Waals surface area (Å²) in [5.41, 5.74) is 0.620. The van der Waals surface area contributed by atoms with Crippen molar-refractivity contribution in [2.45, 2.75) is 27.2 Å². The maximum absolute atomic E-state index is 10.1. The van der Waals surface area contributed by atoms with Gasteiger partial charge in [0, 0.05) is 6.42 Å². The van der Waals surface area contributed by atoms with Gasteiger partial charge in [0.1, 0.15) is 0 Å². The summed E-state index contributed by atoms with van der Waals surface area (Å²) >= 11 is 0. The van der Waals surface area contributed by atoms with Gasteiger partial charge in [0.05, 0.1) is 0 Å². The molecule has 0 aromatic rings. The largest absolute Gasteiger partial charge is 0.295 e. The fourth-order valence-electron chi connectivity index (χ4n) is 0.144. The van der Waals surface area contributed by atoms with Gasteiger partial charge >= 0.3 is 0 Å². The molecule has 0 N–H and O–H groups in total. The molecule has 0 aliphatic heterocycles. The zero-order chi connectivity index (χ0) is 10.1. The minimum Gasteiger partial charge on any atom is -0.295 e. The first-order valence-electron chi connectivity index (χ1n) is 3.77. The molecule has 0 heterocycles. The smallest absolute Gasteiger partial charge is 0.154 e. The van der Waals surface area contributed by atoms with Gasteiger partial charge < -0.3 is 0 Å². The Labute approximate surface area is 74.0 Å². The fraction of sp³-hybridized carbons (Fsp3) is 0.400. The Morgan fingerprint density at radius 1 is 1.33 bits per heavy atom. The van der Waals surface area contributed by atoms with Gasteiger partial charge in [-0.2, -0.15) is 0 Å². The number of hydrogen-bond donors (Lipinski definition) is 0. The van der Waals surface area contributed by atoms with Crippen molar-refractivity contribution in [2.75, 3.05) is 0 Å². The van der Waals surface area contributed by atoms with Crippen LogP contribution in [0, 0.1) is 0 Å². The van der Waals surface area contributed by atoms with Crippen molar-refractivity contribution in [3.63, 3.8) is 0 Å². The van der Waals surface area contributed by atoms with Crippen molar-refractivity contribution in [2.24, 2.45) is 0 Å². The van der Waals surface area contributed by atoms with E-state index in [1.807, 2.05) is 6.92 Å². The van der Waals surface area contributed by atoms with Crippen LogP contribution in [-0.4, -0.2) is 11.6 Å². The molecule has 0 saturated carbocycles.